The number of aryl methyl sites for hydroxylation is 1. The Kier molecular flexibility index (Phi) is 12.6. The van der Waals surface area contributed by atoms with Crippen LogP contribution in [0.4, 0.5) is 11.4 Å². The number of anilines is 1. The van der Waals surface area contributed by atoms with Crippen LogP contribution < -0.4 is 15.2 Å². The smallest absolute Gasteiger partial charge is 0.343 e. The van der Waals surface area contributed by atoms with Crippen LogP contribution in [0.25, 0.3) is 22.5 Å². The maximum atomic E-state index is 12.9. The zero-order valence-corrected chi connectivity index (χ0v) is 27.0. The fourth-order valence-electron chi connectivity index (χ4n) is 5.22. The summed E-state index contributed by atoms with van der Waals surface area (Å²) in [6, 6.07) is 16.6. The lowest BCUT2D eigenvalue weighted by atomic mass is 10.0. The summed E-state index contributed by atoms with van der Waals surface area (Å²) in [5.41, 5.74) is 9.90. The number of nitrogens with two attached hydrogens (primary N) is 1. The van der Waals surface area contributed by atoms with Crippen LogP contribution in [0.2, 0.25) is 0 Å². The standard InChI is InChI=1S/C37H44N4O5/c1-4-6-8-9-11-13-27-24-39-36(40-25-27)29-18-20-31(21-19-29)46-37(42)30-16-14-28(15-17-30)32-22-34(41(43)44)35(23-33(32)38)45-26(3)12-10-7-5-2/h14-26H,4-13,38H2,1-3H3/t26-/m1/s1. The molecule has 46 heavy (non-hydrogen) atoms. The third-order valence-electron chi connectivity index (χ3n) is 7.90. The van der Waals surface area contributed by atoms with Crippen LogP contribution in [-0.2, 0) is 6.42 Å². The number of hydrogen-bond donors (Lipinski definition) is 1. The van der Waals surface area contributed by atoms with Crippen molar-refractivity contribution >= 4 is 17.3 Å². The van der Waals surface area contributed by atoms with E-state index in [9.17, 15) is 14.9 Å². The molecule has 2 N–H and O–H groups in total. The van der Waals surface area contributed by atoms with Gasteiger partial charge in [-0.1, -0.05) is 64.5 Å². The highest BCUT2D eigenvalue weighted by molar-refractivity contribution is 5.92. The topological polar surface area (TPSA) is 130 Å². The van der Waals surface area contributed by atoms with E-state index in [1.165, 1.54) is 37.8 Å². The van der Waals surface area contributed by atoms with Crippen molar-refractivity contribution in [3.05, 3.63) is 94.3 Å². The molecular formula is C37H44N4O5. The average Bonchev–Trinajstić information content (AvgIpc) is 3.05. The Labute approximate surface area is 271 Å². The number of carbonyl (C=O) groups excluding carboxylic acids is 1. The summed E-state index contributed by atoms with van der Waals surface area (Å²) in [6.07, 6.45) is 14.7. The second-order valence-corrected chi connectivity index (χ2v) is 11.7. The summed E-state index contributed by atoms with van der Waals surface area (Å²) in [5.74, 6) is 0.626. The number of rotatable bonds is 17. The molecule has 0 radical (unpaired) electrons. The van der Waals surface area contributed by atoms with Gasteiger partial charge in [0.2, 0.25) is 0 Å². The van der Waals surface area contributed by atoms with Gasteiger partial charge < -0.3 is 15.2 Å². The van der Waals surface area contributed by atoms with E-state index in [1.807, 2.05) is 31.5 Å². The SMILES string of the molecule is CCCCCCCc1cnc(-c2ccc(OC(=O)c3ccc(-c4cc([N+](=O)[O-])c(O[C@H](C)CCCCC)cc4N)cc3)cc2)nc1. The monoisotopic (exact) mass is 624 g/mol. The molecule has 0 unspecified atom stereocenters. The number of aromatic nitrogens is 2. The Hall–Kier alpha value is -4.79. The molecule has 0 saturated carbocycles. The minimum absolute atomic E-state index is 0.151. The minimum atomic E-state index is -0.529. The summed E-state index contributed by atoms with van der Waals surface area (Å²) in [6.45, 7) is 6.24. The summed E-state index contributed by atoms with van der Waals surface area (Å²) in [7, 11) is 0. The lowest BCUT2D eigenvalue weighted by Crippen LogP contribution is -2.13. The largest absolute Gasteiger partial charge is 0.484 e. The van der Waals surface area contributed by atoms with E-state index in [-0.39, 0.29) is 17.5 Å². The van der Waals surface area contributed by atoms with E-state index in [4.69, 9.17) is 15.2 Å². The van der Waals surface area contributed by atoms with Crippen molar-refractivity contribution < 1.29 is 19.2 Å². The van der Waals surface area contributed by atoms with Gasteiger partial charge in [0, 0.05) is 41.3 Å². The summed E-state index contributed by atoms with van der Waals surface area (Å²) in [4.78, 5) is 33.3. The molecule has 0 aliphatic rings. The van der Waals surface area contributed by atoms with Crippen molar-refractivity contribution in [2.45, 2.75) is 91.1 Å². The summed E-state index contributed by atoms with van der Waals surface area (Å²) >= 11 is 0. The maximum absolute atomic E-state index is 12.9. The first-order chi connectivity index (χ1) is 22.3. The van der Waals surface area contributed by atoms with Crippen LogP contribution in [0.15, 0.2) is 73.1 Å². The van der Waals surface area contributed by atoms with Crippen LogP contribution in [-0.4, -0.2) is 27.0 Å². The first-order valence-corrected chi connectivity index (χ1v) is 16.3. The van der Waals surface area contributed by atoms with Gasteiger partial charge in [0.25, 0.3) is 0 Å². The van der Waals surface area contributed by atoms with Gasteiger partial charge in [0.1, 0.15) is 5.75 Å². The van der Waals surface area contributed by atoms with Crippen LogP contribution >= 0.6 is 0 Å². The van der Waals surface area contributed by atoms with Gasteiger partial charge in [0.15, 0.2) is 11.6 Å². The normalized spacial score (nSPS) is 11.6. The minimum Gasteiger partial charge on any atom is -0.484 e. The van der Waals surface area contributed by atoms with Gasteiger partial charge in [-0.3, -0.25) is 10.1 Å². The van der Waals surface area contributed by atoms with Crippen molar-refractivity contribution in [2.24, 2.45) is 0 Å². The molecule has 0 aliphatic carbocycles. The molecule has 0 fully saturated rings. The van der Waals surface area contributed by atoms with Crippen LogP contribution in [0.5, 0.6) is 11.5 Å². The van der Waals surface area contributed by atoms with Crippen molar-refractivity contribution in [2.75, 3.05) is 5.73 Å². The number of carbonyl (C=O) groups is 1. The van der Waals surface area contributed by atoms with Gasteiger partial charge >= 0.3 is 11.7 Å². The molecule has 4 aromatic rings. The van der Waals surface area contributed by atoms with Crippen molar-refractivity contribution in [1.82, 2.24) is 9.97 Å². The van der Waals surface area contributed by atoms with Crippen LogP contribution in [0, 0.1) is 10.1 Å². The summed E-state index contributed by atoms with van der Waals surface area (Å²) in [5, 5.41) is 11.9. The number of ether oxygens (including phenoxy) is 2. The number of nitro benzene ring substituents is 1. The molecular weight excluding hydrogens is 580 g/mol. The zero-order chi connectivity index (χ0) is 32.9. The molecule has 0 aliphatic heterocycles. The van der Waals surface area contributed by atoms with Crippen LogP contribution in [0.3, 0.4) is 0 Å². The highest BCUT2D eigenvalue weighted by Gasteiger charge is 2.21. The number of unbranched alkanes of at least 4 members (excludes halogenated alkanes) is 6. The van der Waals surface area contributed by atoms with Gasteiger partial charge in [-0.2, -0.15) is 0 Å². The van der Waals surface area contributed by atoms with E-state index in [2.05, 4.69) is 23.8 Å². The van der Waals surface area contributed by atoms with E-state index >= 15 is 0 Å². The molecule has 0 amide bonds. The lowest BCUT2D eigenvalue weighted by molar-refractivity contribution is -0.386. The van der Waals surface area contributed by atoms with Gasteiger partial charge in [-0.25, -0.2) is 14.8 Å². The predicted molar refractivity (Wildman–Crippen MR) is 182 cm³/mol. The Balaban J connectivity index is 1.37. The molecule has 1 aromatic heterocycles. The Bertz CT molecular complexity index is 1570. The fraction of sp³-hybridized carbons (Fsp3) is 0.378. The third kappa shape index (κ3) is 9.60. The van der Waals surface area contributed by atoms with Crippen LogP contribution in [0.1, 0.15) is 94.5 Å². The molecule has 9 heteroatoms. The first kappa shape index (κ1) is 34.1. The Morgan fingerprint density at radius 3 is 2.15 bits per heavy atom. The highest BCUT2D eigenvalue weighted by Crippen LogP contribution is 2.38. The van der Waals surface area contributed by atoms with Crippen molar-refractivity contribution in [1.29, 1.82) is 0 Å². The predicted octanol–water partition coefficient (Wildman–Crippen LogP) is 9.38. The number of benzene rings is 3. The second-order valence-electron chi connectivity index (χ2n) is 11.7. The van der Waals surface area contributed by atoms with Gasteiger partial charge in [-0.05, 0) is 80.1 Å². The molecule has 242 valence electrons. The molecule has 1 atom stereocenters. The molecule has 0 spiro atoms. The molecule has 3 aromatic carbocycles. The number of nitrogens with zero attached hydrogens (tertiary/aromatic N) is 3. The summed E-state index contributed by atoms with van der Waals surface area (Å²) < 4.78 is 11.5. The number of nitro groups is 1. The molecule has 1 heterocycles. The molecule has 9 nitrogen and oxygen atoms in total. The third-order valence-corrected chi connectivity index (χ3v) is 7.90. The Morgan fingerprint density at radius 2 is 1.50 bits per heavy atom. The number of esters is 1. The number of nitrogen functional groups attached to an aromatic ring is 1. The van der Waals surface area contributed by atoms with E-state index < -0.39 is 10.9 Å². The molecule has 0 bridgehead atoms. The number of hydrogen-bond acceptors (Lipinski definition) is 8. The fourth-order valence-corrected chi connectivity index (χ4v) is 5.22. The average molecular weight is 625 g/mol. The highest BCUT2D eigenvalue weighted by atomic mass is 16.6. The molecule has 0 saturated heterocycles. The van der Waals surface area contributed by atoms with Gasteiger partial charge in [-0.15, -0.1) is 0 Å². The Morgan fingerprint density at radius 1 is 0.870 bits per heavy atom. The van der Waals surface area contributed by atoms with E-state index in [0.717, 1.165) is 49.7 Å². The van der Waals surface area contributed by atoms with Gasteiger partial charge in [0.05, 0.1) is 16.6 Å². The second kappa shape index (κ2) is 17.1. The van der Waals surface area contributed by atoms with E-state index in [0.29, 0.717) is 34.0 Å². The van der Waals surface area contributed by atoms with E-state index in [1.54, 1.807) is 36.4 Å². The lowest BCUT2D eigenvalue weighted by Gasteiger charge is -2.16. The first-order valence-electron chi connectivity index (χ1n) is 16.3. The molecule has 4 rings (SSSR count). The van der Waals surface area contributed by atoms with Crippen molar-refractivity contribution in [3.8, 4) is 34.0 Å². The quantitative estimate of drug-likeness (QED) is 0.0307. The maximum Gasteiger partial charge on any atom is 0.343 e. The zero-order valence-electron chi connectivity index (χ0n) is 27.0. The van der Waals surface area contributed by atoms with Crippen molar-refractivity contribution in [3.63, 3.8) is 0 Å².